The van der Waals surface area contributed by atoms with Gasteiger partial charge in [-0.3, -0.25) is 0 Å². The van der Waals surface area contributed by atoms with Crippen LogP contribution in [0.4, 0.5) is 0 Å². The second-order valence-electron chi connectivity index (χ2n) is 3.30. The summed E-state index contributed by atoms with van der Waals surface area (Å²) < 4.78 is 15.7. The number of fused-ring (bicyclic) bond motifs is 1. The molecule has 1 atom stereocenters. The molecule has 3 rings (SSSR count). The van der Waals surface area contributed by atoms with Crippen molar-refractivity contribution in [1.82, 2.24) is 0 Å². The minimum atomic E-state index is 0.312. The molecular formula is C10H10O3. The lowest BCUT2D eigenvalue weighted by atomic mass is 10.1. The first-order chi connectivity index (χ1) is 6.43. The van der Waals surface area contributed by atoms with E-state index in [9.17, 15) is 0 Å². The molecule has 1 saturated heterocycles. The fourth-order valence-electron chi connectivity index (χ4n) is 1.55. The SMILES string of the molecule is c1cc2c(cc1[C@H]1CO1)COCO2. The molecule has 2 aliphatic heterocycles. The first-order valence-electron chi connectivity index (χ1n) is 4.38. The smallest absolute Gasteiger partial charge is 0.189 e. The first kappa shape index (κ1) is 7.35. The fourth-order valence-corrected chi connectivity index (χ4v) is 1.55. The van der Waals surface area contributed by atoms with Crippen molar-refractivity contribution in [2.24, 2.45) is 0 Å². The molecule has 0 spiro atoms. The zero-order valence-electron chi connectivity index (χ0n) is 7.16. The number of epoxide rings is 1. The molecule has 0 unspecified atom stereocenters. The minimum absolute atomic E-state index is 0.312. The van der Waals surface area contributed by atoms with Crippen LogP contribution in [-0.2, 0) is 16.1 Å². The van der Waals surface area contributed by atoms with Crippen molar-refractivity contribution in [2.45, 2.75) is 12.7 Å². The standard InChI is InChI=1S/C10H10O3/c1-2-9-8(4-11-6-13-9)3-7(1)10-5-12-10/h1-3,10H,4-6H2/t10-/m1/s1. The normalized spacial score (nSPS) is 24.8. The topological polar surface area (TPSA) is 31.0 Å². The molecule has 0 radical (unpaired) electrons. The maximum Gasteiger partial charge on any atom is 0.189 e. The van der Waals surface area contributed by atoms with Crippen LogP contribution < -0.4 is 4.74 Å². The summed E-state index contributed by atoms with van der Waals surface area (Å²) in [7, 11) is 0. The number of ether oxygens (including phenoxy) is 3. The molecule has 0 aliphatic carbocycles. The summed E-state index contributed by atoms with van der Waals surface area (Å²) in [6.07, 6.45) is 0.312. The van der Waals surface area contributed by atoms with E-state index in [4.69, 9.17) is 14.2 Å². The summed E-state index contributed by atoms with van der Waals surface area (Å²) in [5.74, 6) is 0.940. The van der Waals surface area contributed by atoms with Gasteiger partial charge in [0.25, 0.3) is 0 Å². The molecule has 0 amide bonds. The van der Waals surface area contributed by atoms with Crippen LogP contribution in [0, 0.1) is 0 Å². The van der Waals surface area contributed by atoms with Crippen molar-refractivity contribution in [3.63, 3.8) is 0 Å². The summed E-state index contributed by atoms with van der Waals surface area (Å²) in [5.41, 5.74) is 2.35. The Labute approximate surface area is 76.2 Å². The maximum absolute atomic E-state index is 5.32. The molecule has 2 aliphatic rings. The van der Waals surface area contributed by atoms with E-state index < -0.39 is 0 Å². The van der Waals surface area contributed by atoms with Crippen LogP contribution in [0.2, 0.25) is 0 Å². The molecule has 1 aromatic rings. The van der Waals surface area contributed by atoms with Crippen LogP contribution in [0.5, 0.6) is 5.75 Å². The lowest BCUT2D eigenvalue weighted by Crippen LogP contribution is -2.11. The predicted octanol–water partition coefficient (Wildman–Crippen LogP) is 1.62. The predicted molar refractivity (Wildman–Crippen MR) is 45.4 cm³/mol. The van der Waals surface area contributed by atoms with Crippen molar-refractivity contribution in [1.29, 1.82) is 0 Å². The van der Waals surface area contributed by atoms with Crippen molar-refractivity contribution in [3.8, 4) is 5.75 Å². The summed E-state index contributed by atoms with van der Waals surface area (Å²) in [6, 6.07) is 6.16. The van der Waals surface area contributed by atoms with Crippen molar-refractivity contribution in [3.05, 3.63) is 29.3 Å². The van der Waals surface area contributed by atoms with Gasteiger partial charge >= 0.3 is 0 Å². The van der Waals surface area contributed by atoms with E-state index >= 15 is 0 Å². The van der Waals surface area contributed by atoms with Gasteiger partial charge in [-0.05, 0) is 17.7 Å². The molecule has 0 N–H and O–H groups in total. The highest BCUT2D eigenvalue weighted by Crippen LogP contribution is 2.33. The molecule has 68 valence electrons. The Morgan fingerprint density at radius 3 is 3.08 bits per heavy atom. The Morgan fingerprint density at radius 2 is 2.23 bits per heavy atom. The van der Waals surface area contributed by atoms with Gasteiger partial charge in [0.2, 0.25) is 0 Å². The number of hydrogen-bond donors (Lipinski definition) is 0. The Morgan fingerprint density at radius 1 is 1.31 bits per heavy atom. The number of hydrogen-bond acceptors (Lipinski definition) is 3. The summed E-state index contributed by atoms with van der Waals surface area (Å²) >= 11 is 0. The van der Waals surface area contributed by atoms with Crippen LogP contribution in [0.15, 0.2) is 18.2 Å². The molecule has 13 heavy (non-hydrogen) atoms. The van der Waals surface area contributed by atoms with Gasteiger partial charge in [0.1, 0.15) is 11.9 Å². The molecule has 3 nitrogen and oxygen atoms in total. The van der Waals surface area contributed by atoms with Gasteiger partial charge in [0.15, 0.2) is 6.79 Å². The van der Waals surface area contributed by atoms with Crippen LogP contribution in [0.1, 0.15) is 17.2 Å². The third kappa shape index (κ3) is 1.30. The molecule has 0 bridgehead atoms. The van der Waals surface area contributed by atoms with Gasteiger partial charge in [-0.15, -0.1) is 0 Å². The molecule has 1 aromatic carbocycles. The van der Waals surface area contributed by atoms with Crippen molar-refractivity contribution in [2.75, 3.05) is 13.4 Å². The van der Waals surface area contributed by atoms with Crippen molar-refractivity contribution < 1.29 is 14.2 Å². The molecule has 0 aromatic heterocycles. The van der Waals surface area contributed by atoms with Gasteiger partial charge in [-0.25, -0.2) is 0 Å². The highest BCUT2D eigenvalue weighted by Gasteiger charge is 2.25. The first-order valence-corrected chi connectivity index (χ1v) is 4.38. The summed E-state index contributed by atoms with van der Waals surface area (Å²) in [4.78, 5) is 0. The Hall–Kier alpha value is -1.06. The van der Waals surface area contributed by atoms with Crippen LogP contribution in [0.25, 0.3) is 0 Å². The van der Waals surface area contributed by atoms with E-state index in [1.165, 1.54) is 5.56 Å². The zero-order chi connectivity index (χ0) is 8.67. The van der Waals surface area contributed by atoms with Gasteiger partial charge in [0.05, 0.1) is 13.2 Å². The van der Waals surface area contributed by atoms with E-state index in [1.54, 1.807) is 0 Å². The monoisotopic (exact) mass is 178 g/mol. The van der Waals surface area contributed by atoms with Gasteiger partial charge in [-0.1, -0.05) is 6.07 Å². The number of rotatable bonds is 1. The van der Waals surface area contributed by atoms with Crippen LogP contribution in [-0.4, -0.2) is 13.4 Å². The highest BCUT2D eigenvalue weighted by atomic mass is 16.7. The van der Waals surface area contributed by atoms with E-state index in [0.29, 0.717) is 19.5 Å². The molecule has 2 heterocycles. The van der Waals surface area contributed by atoms with Crippen LogP contribution >= 0.6 is 0 Å². The van der Waals surface area contributed by atoms with E-state index in [-0.39, 0.29) is 0 Å². The zero-order valence-corrected chi connectivity index (χ0v) is 7.16. The fraction of sp³-hybridized carbons (Fsp3) is 0.400. The minimum Gasteiger partial charge on any atom is -0.467 e. The molecular weight excluding hydrogens is 168 g/mol. The van der Waals surface area contributed by atoms with Crippen LogP contribution in [0.3, 0.4) is 0 Å². The average molecular weight is 178 g/mol. The molecule has 0 saturated carbocycles. The van der Waals surface area contributed by atoms with Gasteiger partial charge in [0, 0.05) is 5.56 Å². The quantitative estimate of drug-likeness (QED) is 0.612. The van der Waals surface area contributed by atoms with E-state index in [1.807, 2.05) is 6.07 Å². The highest BCUT2D eigenvalue weighted by molar-refractivity contribution is 5.39. The number of benzene rings is 1. The lowest BCUT2D eigenvalue weighted by molar-refractivity contribution is -0.0164. The Balaban J connectivity index is 1.98. The molecule has 3 heteroatoms. The molecule has 1 fully saturated rings. The van der Waals surface area contributed by atoms with Crippen molar-refractivity contribution >= 4 is 0 Å². The Bertz CT molecular complexity index is 331. The second kappa shape index (κ2) is 2.72. The van der Waals surface area contributed by atoms with Gasteiger partial charge < -0.3 is 14.2 Å². The summed E-state index contributed by atoms with van der Waals surface area (Å²) in [6.45, 7) is 1.86. The third-order valence-electron chi connectivity index (χ3n) is 2.34. The lowest BCUT2D eigenvalue weighted by Gasteiger charge is -2.17. The second-order valence-corrected chi connectivity index (χ2v) is 3.30. The van der Waals surface area contributed by atoms with E-state index in [0.717, 1.165) is 17.9 Å². The summed E-state index contributed by atoms with van der Waals surface area (Å²) in [5, 5.41) is 0. The largest absolute Gasteiger partial charge is 0.467 e. The third-order valence-corrected chi connectivity index (χ3v) is 2.34. The average Bonchev–Trinajstić information content (AvgIpc) is 3.00. The Kier molecular flexibility index (Phi) is 1.54. The van der Waals surface area contributed by atoms with E-state index in [2.05, 4.69) is 12.1 Å². The van der Waals surface area contributed by atoms with Gasteiger partial charge in [-0.2, -0.15) is 0 Å². The maximum atomic E-state index is 5.32.